The van der Waals surface area contributed by atoms with E-state index in [1.165, 1.54) is 13.0 Å². The molecule has 0 bridgehead atoms. The van der Waals surface area contributed by atoms with Crippen LogP contribution >= 0.6 is 23.5 Å². The largest absolute Gasteiger partial charge is 0.490 e. The van der Waals surface area contributed by atoms with Crippen molar-refractivity contribution in [2.75, 3.05) is 12.3 Å². The first-order valence-electron chi connectivity index (χ1n) is 7.46. The molecule has 0 aliphatic carbocycles. The van der Waals surface area contributed by atoms with Crippen molar-refractivity contribution in [3.8, 4) is 0 Å². The molecule has 19 heteroatoms. The van der Waals surface area contributed by atoms with Crippen molar-refractivity contribution in [1.82, 2.24) is 9.55 Å². The zero-order valence-electron chi connectivity index (χ0n) is 14.5. The second-order valence-electron chi connectivity index (χ2n) is 6.09. The number of aromatic nitrogens is 2. The van der Waals surface area contributed by atoms with Gasteiger partial charge < -0.3 is 30.0 Å². The van der Waals surface area contributed by atoms with Crippen molar-refractivity contribution < 1.29 is 55.5 Å². The lowest BCUT2D eigenvalue weighted by molar-refractivity contribution is -0.0936. The van der Waals surface area contributed by atoms with Gasteiger partial charge in [-0.25, -0.2) is 22.9 Å². The Labute approximate surface area is 161 Å². The maximum Gasteiger partial charge on any atom is 0.490 e. The number of nitrogen functional groups attached to an aromatic ring is 1. The molecule has 2 rings (SSSR count). The second-order valence-corrected chi connectivity index (χ2v) is 10.5. The van der Waals surface area contributed by atoms with Gasteiger partial charge in [-0.15, -0.1) is 0 Å². The lowest BCUT2D eigenvalue weighted by atomic mass is 10.0. The van der Waals surface area contributed by atoms with E-state index in [1.54, 1.807) is 0 Å². The number of rotatable bonds is 8. The number of anilines is 1. The van der Waals surface area contributed by atoms with Gasteiger partial charge in [-0.3, -0.25) is 9.09 Å². The summed E-state index contributed by atoms with van der Waals surface area (Å²) < 4.78 is 65.8. The third kappa shape index (κ3) is 7.02. The minimum absolute atomic E-state index is 0.102. The van der Waals surface area contributed by atoms with Crippen molar-refractivity contribution in [1.29, 1.82) is 0 Å². The smallest absolute Gasteiger partial charge is 0.383 e. The quantitative estimate of drug-likeness (QED) is 0.311. The Balaban J connectivity index is 2.06. The number of alkyl halides is 1. The molecule has 1 aromatic heterocycles. The van der Waals surface area contributed by atoms with Gasteiger partial charge in [0.05, 0.1) is 12.2 Å². The molecular formula is C10H17FN3O12P3. The topological polar surface area (TPSA) is 230 Å². The number of phosphoric ester groups is 1. The fourth-order valence-corrected chi connectivity index (χ4v) is 5.52. The number of halogens is 1. The number of hydrogen-bond acceptors (Lipinski definition) is 10. The monoisotopic (exact) mass is 483 g/mol. The molecule has 1 aliphatic rings. The van der Waals surface area contributed by atoms with E-state index >= 15 is 0 Å². The van der Waals surface area contributed by atoms with Crippen LogP contribution in [0.1, 0.15) is 19.6 Å². The fraction of sp³-hybridized carbons (Fsp3) is 0.600. The van der Waals surface area contributed by atoms with Gasteiger partial charge in [-0.1, -0.05) is 0 Å². The number of ether oxygens (including phenoxy) is 1. The lowest BCUT2D eigenvalue weighted by Crippen LogP contribution is -2.33. The summed E-state index contributed by atoms with van der Waals surface area (Å²) in [5.41, 5.74) is 2.84. The molecule has 5 atom stereocenters. The van der Waals surface area contributed by atoms with Gasteiger partial charge in [-0.2, -0.15) is 13.6 Å². The van der Waals surface area contributed by atoms with Gasteiger partial charge in [-0.05, 0) is 13.0 Å². The molecule has 1 saturated heterocycles. The van der Waals surface area contributed by atoms with Gasteiger partial charge in [0.15, 0.2) is 6.23 Å². The predicted molar refractivity (Wildman–Crippen MR) is 90.8 cm³/mol. The Morgan fingerprint density at radius 2 is 1.93 bits per heavy atom. The van der Waals surface area contributed by atoms with E-state index in [1.807, 2.05) is 0 Å². The Kier molecular flexibility index (Phi) is 6.90. The van der Waals surface area contributed by atoms with Crippen molar-refractivity contribution in [3.63, 3.8) is 0 Å². The van der Waals surface area contributed by atoms with Crippen molar-refractivity contribution in [3.05, 3.63) is 22.7 Å². The summed E-state index contributed by atoms with van der Waals surface area (Å²) in [6, 6.07) is 1.22. The van der Waals surface area contributed by atoms with Crippen LogP contribution in [0.2, 0.25) is 0 Å². The summed E-state index contributed by atoms with van der Waals surface area (Å²) >= 11 is 0. The minimum atomic E-state index is -5.68. The molecule has 1 aliphatic heterocycles. The SMILES string of the molecule is CC1(COP(=O)(O)OP(=O)(O)OP(=O)(O)O)CC(F)C(n2ccc(N)nc2=O)O1. The average molecular weight is 483 g/mol. The maximum atomic E-state index is 14.4. The zero-order chi connectivity index (χ0) is 22.3. The second kappa shape index (κ2) is 8.25. The third-order valence-corrected chi connectivity index (χ3v) is 7.20. The summed E-state index contributed by atoms with van der Waals surface area (Å²) in [5.74, 6) is -0.102. The number of hydrogen-bond donors (Lipinski definition) is 5. The molecule has 2 heterocycles. The first-order chi connectivity index (χ1) is 13.0. The molecule has 5 unspecified atom stereocenters. The standard InChI is InChI=1S/C10H17FN3O12P3/c1-10(5-23-28(19,20)26-29(21,22)25-27(16,17)18)4-6(11)8(24-10)14-3-2-7(12)13-9(14)15/h2-3,6,8H,4-5H2,1H3,(H,19,20)(H,21,22)(H2,12,13,15)(H2,16,17,18). The Morgan fingerprint density at radius 1 is 1.31 bits per heavy atom. The molecule has 1 aromatic rings. The van der Waals surface area contributed by atoms with Crippen LogP contribution in [-0.2, 0) is 31.6 Å². The lowest BCUT2D eigenvalue weighted by Gasteiger charge is -2.25. The summed E-state index contributed by atoms with van der Waals surface area (Å²) in [7, 11) is -16.6. The molecule has 1 fully saturated rings. The molecule has 29 heavy (non-hydrogen) atoms. The fourth-order valence-electron chi connectivity index (χ4n) is 2.39. The van der Waals surface area contributed by atoms with Gasteiger partial charge in [0, 0.05) is 12.6 Å². The van der Waals surface area contributed by atoms with Crippen molar-refractivity contribution in [2.24, 2.45) is 0 Å². The molecule has 0 saturated carbocycles. The van der Waals surface area contributed by atoms with Crippen LogP contribution in [-0.4, -0.2) is 47.5 Å². The number of nitrogens with two attached hydrogens (primary N) is 1. The maximum absolute atomic E-state index is 14.4. The van der Waals surface area contributed by atoms with Crippen LogP contribution in [0.15, 0.2) is 17.1 Å². The highest BCUT2D eigenvalue weighted by atomic mass is 31.3. The highest BCUT2D eigenvalue weighted by Crippen LogP contribution is 2.66. The Hall–Kier alpha value is -1.02. The molecule has 166 valence electrons. The van der Waals surface area contributed by atoms with Gasteiger partial charge in [0.1, 0.15) is 12.0 Å². The molecule has 6 N–H and O–H groups in total. The van der Waals surface area contributed by atoms with Crippen LogP contribution in [0.4, 0.5) is 10.2 Å². The van der Waals surface area contributed by atoms with E-state index in [-0.39, 0.29) is 5.82 Å². The van der Waals surface area contributed by atoms with Crippen LogP contribution in [0, 0.1) is 0 Å². The highest BCUT2D eigenvalue weighted by molar-refractivity contribution is 7.66. The van der Waals surface area contributed by atoms with Crippen LogP contribution in [0.3, 0.4) is 0 Å². The molecule has 0 aromatic carbocycles. The van der Waals surface area contributed by atoms with Gasteiger partial charge in [0.25, 0.3) is 0 Å². The van der Waals surface area contributed by atoms with E-state index in [9.17, 15) is 27.8 Å². The molecule has 0 spiro atoms. The van der Waals surface area contributed by atoms with Gasteiger partial charge >= 0.3 is 29.2 Å². The van der Waals surface area contributed by atoms with Gasteiger partial charge in [0.2, 0.25) is 0 Å². The first-order valence-corrected chi connectivity index (χ1v) is 12.0. The van der Waals surface area contributed by atoms with Crippen molar-refractivity contribution >= 4 is 29.3 Å². The molecule has 15 nitrogen and oxygen atoms in total. The molecule has 0 radical (unpaired) electrons. The summed E-state index contributed by atoms with van der Waals surface area (Å²) in [4.78, 5) is 50.7. The van der Waals surface area contributed by atoms with E-state index < -0.39 is 60.2 Å². The van der Waals surface area contributed by atoms with Crippen molar-refractivity contribution in [2.45, 2.75) is 31.3 Å². The third-order valence-electron chi connectivity index (χ3n) is 3.42. The predicted octanol–water partition coefficient (Wildman–Crippen LogP) is 0.184. The van der Waals surface area contributed by atoms with E-state index in [2.05, 4.69) is 18.1 Å². The van der Waals surface area contributed by atoms with Crippen LogP contribution in [0.5, 0.6) is 0 Å². The van der Waals surface area contributed by atoms with Crippen LogP contribution < -0.4 is 11.4 Å². The first kappa shape index (κ1) is 24.3. The summed E-state index contributed by atoms with van der Waals surface area (Å²) in [5, 5.41) is 0. The number of nitrogens with zero attached hydrogens (tertiary/aromatic N) is 2. The van der Waals surface area contributed by atoms with E-state index in [0.717, 1.165) is 10.8 Å². The molecule has 0 amide bonds. The average Bonchev–Trinajstić information content (AvgIpc) is 2.77. The van der Waals surface area contributed by atoms with Crippen LogP contribution in [0.25, 0.3) is 0 Å². The minimum Gasteiger partial charge on any atom is -0.383 e. The zero-order valence-corrected chi connectivity index (χ0v) is 17.2. The Morgan fingerprint density at radius 3 is 2.48 bits per heavy atom. The van der Waals surface area contributed by atoms with E-state index in [0.29, 0.717) is 0 Å². The van der Waals surface area contributed by atoms with E-state index in [4.69, 9.17) is 25.2 Å². The highest BCUT2D eigenvalue weighted by Gasteiger charge is 2.48. The molecular weight excluding hydrogens is 466 g/mol. The summed E-state index contributed by atoms with van der Waals surface area (Å²) in [6.45, 7) is 0.380. The number of phosphoric acid groups is 3. The normalized spacial score (nSPS) is 29.3. The Bertz CT molecular complexity index is 967. The summed E-state index contributed by atoms with van der Waals surface area (Å²) in [6.07, 6.45) is -2.53.